The first-order valence-corrected chi connectivity index (χ1v) is 11.7. The van der Waals surface area contributed by atoms with Crippen molar-refractivity contribution in [1.29, 1.82) is 0 Å². The van der Waals surface area contributed by atoms with Gasteiger partial charge in [0.2, 0.25) is 17.7 Å². The molecule has 0 bridgehead atoms. The van der Waals surface area contributed by atoms with Crippen LogP contribution in [0.3, 0.4) is 0 Å². The topological polar surface area (TPSA) is 268 Å². The standard InChI is InChI=1S/C23H32N8O7/c24-14(5-3-7-27-23(25)26)20(35)29-11-18(32)30-16(9-19(33)34)21(36)31-17(22(37)38)8-12-10-28-15-6-2-1-4-13(12)15/h1-2,4,6,10,14,16-17,28H,3,5,7-9,11,24H2,(H,29,35)(H,30,32)(H,31,36)(H,33,34)(H,37,38)(H4,25,26,27)/t14-,16-,17+/m0/s1. The van der Waals surface area contributed by atoms with E-state index in [9.17, 15) is 34.2 Å². The number of rotatable bonds is 15. The number of carbonyl (C=O) groups excluding carboxylic acids is 3. The average Bonchev–Trinajstić information content (AvgIpc) is 3.26. The second kappa shape index (κ2) is 14.2. The summed E-state index contributed by atoms with van der Waals surface area (Å²) in [5.41, 5.74) is 17.6. The van der Waals surface area contributed by atoms with E-state index in [0.29, 0.717) is 12.0 Å². The number of benzene rings is 1. The number of H-pyrrole nitrogens is 1. The highest BCUT2D eigenvalue weighted by Gasteiger charge is 2.29. The number of hydrogen-bond donors (Lipinski definition) is 9. The smallest absolute Gasteiger partial charge is 0.326 e. The molecule has 0 fully saturated rings. The quantitative estimate of drug-likeness (QED) is 0.0674. The number of nitrogens with zero attached hydrogens (tertiary/aromatic N) is 1. The average molecular weight is 533 g/mol. The normalized spacial score (nSPS) is 13.1. The molecule has 2 aromatic rings. The van der Waals surface area contributed by atoms with E-state index in [1.165, 1.54) is 0 Å². The Bertz CT molecular complexity index is 1190. The fraction of sp³-hybridized carbons (Fsp3) is 0.391. The number of fused-ring (bicyclic) bond motifs is 1. The summed E-state index contributed by atoms with van der Waals surface area (Å²) >= 11 is 0. The first-order valence-electron chi connectivity index (χ1n) is 11.7. The minimum atomic E-state index is -1.59. The first kappa shape index (κ1) is 29.6. The zero-order chi connectivity index (χ0) is 28.2. The number of carbonyl (C=O) groups is 5. The molecule has 0 unspecified atom stereocenters. The van der Waals surface area contributed by atoms with Gasteiger partial charge < -0.3 is 48.3 Å². The Labute approximate surface area is 217 Å². The summed E-state index contributed by atoms with van der Waals surface area (Å²) in [6, 6.07) is 3.26. The maximum absolute atomic E-state index is 12.8. The number of aromatic nitrogens is 1. The second-order valence-electron chi connectivity index (χ2n) is 8.45. The molecule has 3 atom stereocenters. The lowest BCUT2D eigenvalue weighted by molar-refractivity contribution is -0.143. The third-order valence-corrected chi connectivity index (χ3v) is 5.47. The zero-order valence-corrected chi connectivity index (χ0v) is 20.5. The van der Waals surface area contributed by atoms with Gasteiger partial charge in [-0.05, 0) is 24.5 Å². The molecule has 38 heavy (non-hydrogen) atoms. The molecule has 2 rings (SSSR count). The van der Waals surface area contributed by atoms with Crippen molar-refractivity contribution in [3.05, 3.63) is 36.0 Å². The van der Waals surface area contributed by atoms with E-state index in [4.69, 9.17) is 17.2 Å². The van der Waals surface area contributed by atoms with Gasteiger partial charge in [0.15, 0.2) is 5.96 Å². The van der Waals surface area contributed by atoms with Crippen molar-refractivity contribution in [1.82, 2.24) is 20.9 Å². The summed E-state index contributed by atoms with van der Waals surface area (Å²) < 4.78 is 0. The van der Waals surface area contributed by atoms with Crippen LogP contribution in [-0.4, -0.2) is 82.0 Å². The van der Waals surface area contributed by atoms with Crippen LogP contribution in [0, 0.1) is 0 Å². The van der Waals surface area contributed by atoms with Crippen LogP contribution in [0.1, 0.15) is 24.8 Å². The van der Waals surface area contributed by atoms with Crippen molar-refractivity contribution < 1.29 is 34.2 Å². The highest BCUT2D eigenvalue weighted by Crippen LogP contribution is 2.19. The summed E-state index contributed by atoms with van der Waals surface area (Å²) in [5, 5.41) is 26.4. The van der Waals surface area contributed by atoms with Crippen molar-refractivity contribution in [2.24, 2.45) is 22.2 Å². The molecule has 206 valence electrons. The maximum atomic E-state index is 12.8. The molecule has 0 saturated carbocycles. The molecule has 0 aliphatic rings. The highest BCUT2D eigenvalue weighted by molar-refractivity contribution is 5.94. The Hall–Kier alpha value is -4.66. The molecule has 15 nitrogen and oxygen atoms in total. The van der Waals surface area contributed by atoms with Crippen LogP contribution in [-0.2, 0) is 30.4 Å². The number of carboxylic acids is 2. The van der Waals surface area contributed by atoms with Gasteiger partial charge in [0.05, 0.1) is 19.0 Å². The molecular formula is C23H32N8O7. The van der Waals surface area contributed by atoms with E-state index in [1.54, 1.807) is 18.3 Å². The van der Waals surface area contributed by atoms with Crippen LogP contribution in [0.5, 0.6) is 0 Å². The Kier molecular flexibility index (Phi) is 11.0. The van der Waals surface area contributed by atoms with E-state index in [2.05, 4.69) is 25.9 Å². The molecule has 15 heteroatoms. The van der Waals surface area contributed by atoms with Crippen LogP contribution in [0.15, 0.2) is 35.5 Å². The summed E-state index contributed by atoms with van der Waals surface area (Å²) in [7, 11) is 0. The summed E-state index contributed by atoms with van der Waals surface area (Å²) in [6.07, 6.45) is 1.38. The molecule has 0 spiro atoms. The van der Waals surface area contributed by atoms with Crippen LogP contribution in [0.2, 0.25) is 0 Å². The number of nitrogens with one attached hydrogen (secondary N) is 4. The number of carboxylic acid groups (broad SMARTS) is 2. The molecule has 0 radical (unpaired) electrons. The molecule has 3 amide bonds. The maximum Gasteiger partial charge on any atom is 0.326 e. The highest BCUT2D eigenvalue weighted by atomic mass is 16.4. The van der Waals surface area contributed by atoms with Gasteiger partial charge in [-0.15, -0.1) is 0 Å². The van der Waals surface area contributed by atoms with E-state index in [1.807, 2.05) is 12.1 Å². The number of aliphatic carboxylic acids is 2. The van der Waals surface area contributed by atoms with Gasteiger partial charge in [-0.2, -0.15) is 0 Å². The molecule has 1 aromatic heterocycles. The second-order valence-corrected chi connectivity index (χ2v) is 8.45. The van der Waals surface area contributed by atoms with Gasteiger partial charge in [-0.1, -0.05) is 18.2 Å². The molecule has 0 saturated heterocycles. The van der Waals surface area contributed by atoms with Gasteiger partial charge in [-0.25, -0.2) is 4.79 Å². The monoisotopic (exact) mass is 532 g/mol. The molecular weight excluding hydrogens is 500 g/mol. The Balaban J connectivity index is 1.95. The number of aliphatic imine (C=N–C) groups is 1. The number of amides is 3. The van der Waals surface area contributed by atoms with Gasteiger partial charge in [0.25, 0.3) is 0 Å². The minimum absolute atomic E-state index is 0.0873. The molecule has 0 aliphatic heterocycles. The third kappa shape index (κ3) is 9.42. The number of nitrogens with two attached hydrogens (primary N) is 3. The summed E-state index contributed by atoms with van der Waals surface area (Å²) in [5.74, 6) is -5.35. The zero-order valence-electron chi connectivity index (χ0n) is 20.5. The fourth-order valence-corrected chi connectivity index (χ4v) is 3.57. The van der Waals surface area contributed by atoms with Crippen molar-refractivity contribution in [2.75, 3.05) is 13.1 Å². The van der Waals surface area contributed by atoms with E-state index >= 15 is 0 Å². The van der Waals surface area contributed by atoms with Gasteiger partial charge >= 0.3 is 11.9 Å². The van der Waals surface area contributed by atoms with Gasteiger partial charge in [0, 0.05) is 30.1 Å². The number of hydrogen-bond acceptors (Lipinski definition) is 7. The minimum Gasteiger partial charge on any atom is -0.481 e. The molecule has 1 heterocycles. The first-order chi connectivity index (χ1) is 18.0. The lowest BCUT2D eigenvalue weighted by Crippen LogP contribution is -2.54. The van der Waals surface area contributed by atoms with Gasteiger partial charge in [-0.3, -0.25) is 24.2 Å². The third-order valence-electron chi connectivity index (χ3n) is 5.47. The van der Waals surface area contributed by atoms with Crippen LogP contribution in [0.4, 0.5) is 0 Å². The predicted molar refractivity (Wildman–Crippen MR) is 137 cm³/mol. The van der Waals surface area contributed by atoms with Gasteiger partial charge in [0.1, 0.15) is 12.1 Å². The van der Waals surface area contributed by atoms with E-state index < -0.39 is 60.8 Å². The van der Waals surface area contributed by atoms with Crippen LogP contribution in [0.25, 0.3) is 10.9 Å². The van der Waals surface area contributed by atoms with E-state index in [-0.39, 0.29) is 25.3 Å². The lowest BCUT2D eigenvalue weighted by Gasteiger charge is -2.21. The summed E-state index contributed by atoms with van der Waals surface area (Å²) in [4.78, 5) is 67.1. The van der Waals surface area contributed by atoms with Crippen LogP contribution >= 0.6 is 0 Å². The Morgan fingerprint density at radius 3 is 2.37 bits per heavy atom. The Morgan fingerprint density at radius 1 is 1.00 bits per heavy atom. The fourth-order valence-electron chi connectivity index (χ4n) is 3.57. The Morgan fingerprint density at radius 2 is 1.71 bits per heavy atom. The molecule has 12 N–H and O–H groups in total. The van der Waals surface area contributed by atoms with Crippen molar-refractivity contribution in [2.45, 2.75) is 43.8 Å². The summed E-state index contributed by atoms with van der Waals surface area (Å²) in [6.45, 7) is -0.311. The van der Waals surface area contributed by atoms with Crippen molar-refractivity contribution in [3.63, 3.8) is 0 Å². The SMILES string of the molecule is NC(N)=NCCC[C@H](N)C(=O)NCC(=O)N[C@@H](CC(=O)O)C(=O)N[C@H](Cc1c[nH]c2ccccc12)C(=O)O. The molecule has 1 aromatic carbocycles. The predicted octanol–water partition coefficient (Wildman–Crippen LogP) is -2.26. The lowest BCUT2D eigenvalue weighted by atomic mass is 10.0. The van der Waals surface area contributed by atoms with Crippen molar-refractivity contribution >= 4 is 46.5 Å². The number of aromatic amines is 1. The largest absolute Gasteiger partial charge is 0.481 e. The molecule has 0 aliphatic carbocycles. The number of guanidine groups is 1. The van der Waals surface area contributed by atoms with Crippen LogP contribution < -0.4 is 33.2 Å². The van der Waals surface area contributed by atoms with E-state index in [0.717, 1.165) is 10.9 Å². The van der Waals surface area contributed by atoms with Crippen molar-refractivity contribution in [3.8, 4) is 0 Å². The number of para-hydroxylation sites is 1.